The Bertz CT molecular complexity index is 489. The quantitative estimate of drug-likeness (QED) is 0.364. The second-order valence-corrected chi connectivity index (χ2v) is 6.79. The zero-order valence-corrected chi connectivity index (χ0v) is 16.4. The average Bonchev–Trinajstić information content (AvgIpc) is 3.13. The van der Waals surface area contributed by atoms with Crippen molar-refractivity contribution >= 4 is 11.9 Å². The van der Waals surface area contributed by atoms with Gasteiger partial charge in [0.1, 0.15) is 6.04 Å². The van der Waals surface area contributed by atoms with Crippen molar-refractivity contribution in [1.82, 2.24) is 15.3 Å². The number of ether oxygens (including phenoxy) is 1. The zero-order valence-electron chi connectivity index (χ0n) is 16.4. The highest BCUT2D eigenvalue weighted by molar-refractivity contribution is 5.84. The summed E-state index contributed by atoms with van der Waals surface area (Å²) in [6.07, 6.45) is 14.0. The molecule has 6 nitrogen and oxygen atoms in total. The molecule has 0 unspecified atom stereocenters. The molecule has 6 heteroatoms. The maximum Gasteiger partial charge on any atom is 0.329 e. The van der Waals surface area contributed by atoms with E-state index in [0.29, 0.717) is 19.4 Å². The molecule has 148 valence electrons. The first-order valence-corrected chi connectivity index (χ1v) is 10.1. The second kappa shape index (κ2) is 14.3. The van der Waals surface area contributed by atoms with Gasteiger partial charge in [-0.3, -0.25) is 4.79 Å². The first-order valence-electron chi connectivity index (χ1n) is 10.1. The molecule has 1 rings (SSSR count). The van der Waals surface area contributed by atoms with Gasteiger partial charge >= 0.3 is 5.97 Å². The molecule has 2 N–H and O–H groups in total. The van der Waals surface area contributed by atoms with Crippen molar-refractivity contribution in [1.29, 1.82) is 0 Å². The number of aromatic nitrogens is 2. The van der Waals surface area contributed by atoms with Crippen molar-refractivity contribution in [3.63, 3.8) is 0 Å². The van der Waals surface area contributed by atoms with Gasteiger partial charge in [-0.1, -0.05) is 58.8 Å². The largest absolute Gasteiger partial charge is 0.464 e. The molecule has 26 heavy (non-hydrogen) atoms. The number of esters is 1. The van der Waals surface area contributed by atoms with Crippen molar-refractivity contribution in [2.45, 2.75) is 90.5 Å². The van der Waals surface area contributed by atoms with Crippen LogP contribution in [0.15, 0.2) is 12.5 Å². The van der Waals surface area contributed by atoms with Gasteiger partial charge in [0.25, 0.3) is 0 Å². The SMILES string of the molecule is CCCCCCCCCC(=O)N[C@@H](Cc1cnc[nH]1)C(=O)OCCCC. The third-order valence-corrected chi connectivity index (χ3v) is 4.35. The highest BCUT2D eigenvalue weighted by Gasteiger charge is 2.23. The lowest BCUT2D eigenvalue weighted by atomic mass is 10.1. The summed E-state index contributed by atoms with van der Waals surface area (Å²) < 4.78 is 5.29. The molecule has 1 aromatic heterocycles. The number of nitrogens with zero attached hydrogens (tertiary/aromatic N) is 1. The van der Waals surface area contributed by atoms with E-state index in [9.17, 15) is 9.59 Å². The van der Waals surface area contributed by atoms with Crippen LogP contribution < -0.4 is 5.32 Å². The minimum absolute atomic E-state index is 0.0875. The van der Waals surface area contributed by atoms with E-state index in [4.69, 9.17) is 4.74 Å². The van der Waals surface area contributed by atoms with Gasteiger partial charge in [0.2, 0.25) is 5.91 Å². The van der Waals surface area contributed by atoms with Gasteiger partial charge in [0.05, 0.1) is 12.9 Å². The Morgan fingerprint density at radius 1 is 1.08 bits per heavy atom. The Balaban J connectivity index is 2.35. The molecule has 1 heterocycles. The molecule has 1 amide bonds. The van der Waals surface area contributed by atoms with E-state index in [0.717, 1.165) is 31.4 Å². The lowest BCUT2D eigenvalue weighted by Gasteiger charge is -2.17. The van der Waals surface area contributed by atoms with Crippen LogP contribution >= 0.6 is 0 Å². The minimum atomic E-state index is -0.663. The van der Waals surface area contributed by atoms with Crippen molar-refractivity contribution in [3.8, 4) is 0 Å². The standard InChI is InChI=1S/C20H35N3O3/c1-3-5-7-8-9-10-11-12-19(24)23-18(14-17-15-21-16-22-17)20(25)26-13-6-4-2/h15-16,18H,3-14H2,1-2H3,(H,21,22)(H,23,24)/t18-/m0/s1. The highest BCUT2D eigenvalue weighted by Crippen LogP contribution is 2.09. The molecule has 1 aromatic rings. The van der Waals surface area contributed by atoms with Gasteiger partial charge in [-0.25, -0.2) is 9.78 Å². The first-order chi connectivity index (χ1) is 12.7. The third kappa shape index (κ3) is 10.2. The number of nitrogens with one attached hydrogen (secondary N) is 2. The zero-order chi connectivity index (χ0) is 19.0. The molecule has 0 aromatic carbocycles. The van der Waals surface area contributed by atoms with Gasteiger partial charge in [-0.05, 0) is 12.8 Å². The Labute approximate surface area is 157 Å². The molecule has 0 bridgehead atoms. The van der Waals surface area contributed by atoms with Crippen LogP contribution in [-0.4, -0.2) is 34.5 Å². The smallest absolute Gasteiger partial charge is 0.329 e. The van der Waals surface area contributed by atoms with Crippen molar-refractivity contribution in [2.75, 3.05) is 6.61 Å². The molecule has 0 aliphatic carbocycles. The molecule has 0 aliphatic heterocycles. The number of imidazole rings is 1. The van der Waals surface area contributed by atoms with Crippen LogP contribution in [-0.2, 0) is 20.7 Å². The molecule has 1 atom stereocenters. The van der Waals surface area contributed by atoms with E-state index in [1.807, 2.05) is 6.92 Å². The number of rotatable bonds is 15. The molecule has 0 saturated heterocycles. The monoisotopic (exact) mass is 365 g/mol. The summed E-state index contributed by atoms with van der Waals surface area (Å²) in [5, 5.41) is 2.83. The van der Waals surface area contributed by atoms with Crippen LogP contribution in [0.1, 0.15) is 83.7 Å². The van der Waals surface area contributed by atoms with Crippen LogP contribution in [0.2, 0.25) is 0 Å². The van der Waals surface area contributed by atoms with Gasteiger partial charge in [0.15, 0.2) is 0 Å². The lowest BCUT2D eigenvalue weighted by Crippen LogP contribution is -2.43. The second-order valence-electron chi connectivity index (χ2n) is 6.79. The van der Waals surface area contributed by atoms with Crippen LogP contribution in [0.5, 0.6) is 0 Å². The van der Waals surface area contributed by atoms with Crippen molar-refractivity contribution in [2.24, 2.45) is 0 Å². The van der Waals surface area contributed by atoms with Crippen LogP contribution in [0, 0.1) is 0 Å². The Morgan fingerprint density at radius 2 is 1.77 bits per heavy atom. The van der Waals surface area contributed by atoms with Gasteiger partial charge < -0.3 is 15.0 Å². The van der Waals surface area contributed by atoms with Crippen LogP contribution in [0.25, 0.3) is 0 Å². The molecule has 0 radical (unpaired) electrons. The summed E-state index contributed by atoms with van der Waals surface area (Å²) in [5.41, 5.74) is 0.804. The number of amides is 1. The summed E-state index contributed by atoms with van der Waals surface area (Å²) in [5.74, 6) is -0.462. The third-order valence-electron chi connectivity index (χ3n) is 4.35. The van der Waals surface area contributed by atoms with Gasteiger partial charge in [0, 0.05) is 24.7 Å². The number of aromatic amines is 1. The number of hydrogen-bond acceptors (Lipinski definition) is 4. The predicted molar refractivity (Wildman–Crippen MR) is 103 cm³/mol. The summed E-state index contributed by atoms with van der Waals surface area (Å²) in [6, 6.07) is -0.663. The minimum Gasteiger partial charge on any atom is -0.464 e. The number of carbonyl (C=O) groups is 2. The summed E-state index contributed by atoms with van der Waals surface area (Å²) in [7, 11) is 0. The summed E-state index contributed by atoms with van der Waals surface area (Å²) in [4.78, 5) is 31.4. The number of unbranched alkanes of at least 4 members (excludes halogenated alkanes) is 7. The van der Waals surface area contributed by atoms with Gasteiger partial charge in [-0.2, -0.15) is 0 Å². The summed E-state index contributed by atoms with van der Waals surface area (Å²) >= 11 is 0. The molecular formula is C20H35N3O3. The first kappa shape index (κ1) is 22.2. The highest BCUT2D eigenvalue weighted by atomic mass is 16.5. The van der Waals surface area contributed by atoms with Crippen LogP contribution in [0.3, 0.4) is 0 Å². The number of hydrogen-bond donors (Lipinski definition) is 2. The van der Waals surface area contributed by atoms with Crippen molar-refractivity contribution in [3.05, 3.63) is 18.2 Å². The topological polar surface area (TPSA) is 84.1 Å². The fourth-order valence-electron chi connectivity index (χ4n) is 2.74. The predicted octanol–water partition coefficient (Wildman–Crippen LogP) is 3.92. The maximum atomic E-state index is 12.3. The maximum absolute atomic E-state index is 12.3. The Kier molecular flexibility index (Phi) is 12.2. The fourth-order valence-corrected chi connectivity index (χ4v) is 2.74. The van der Waals surface area contributed by atoms with E-state index in [1.54, 1.807) is 12.5 Å². The van der Waals surface area contributed by atoms with E-state index >= 15 is 0 Å². The molecular weight excluding hydrogens is 330 g/mol. The Hall–Kier alpha value is -1.85. The van der Waals surface area contributed by atoms with Crippen LogP contribution in [0.4, 0.5) is 0 Å². The Morgan fingerprint density at radius 3 is 2.42 bits per heavy atom. The van der Waals surface area contributed by atoms with Gasteiger partial charge in [-0.15, -0.1) is 0 Å². The summed E-state index contributed by atoms with van der Waals surface area (Å²) in [6.45, 7) is 4.64. The molecule has 0 spiro atoms. The lowest BCUT2D eigenvalue weighted by molar-refractivity contribution is -0.148. The number of H-pyrrole nitrogens is 1. The van der Waals surface area contributed by atoms with E-state index < -0.39 is 6.04 Å². The van der Waals surface area contributed by atoms with E-state index in [2.05, 4.69) is 22.2 Å². The normalized spacial score (nSPS) is 11.9. The molecule has 0 fully saturated rings. The van der Waals surface area contributed by atoms with E-state index in [1.165, 1.54) is 32.1 Å². The van der Waals surface area contributed by atoms with Crippen molar-refractivity contribution < 1.29 is 14.3 Å². The fraction of sp³-hybridized carbons (Fsp3) is 0.750. The average molecular weight is 366 g/mol. The molecule has 0 saturated carbocycles. The molecule has 0 aliphatic rings. The van der Waals surface area contributed by atoms with E-state index in [-0.39, 0.29) is 11.9 Å². The number of carbonyl (C=O) groups excluding carboxylic acids is 2.